The van der Waals surface area contributed by atoms with Crippen LogP contribution in [0.3, 0.4) is 0 Å². The Labute approximate surface area is 147 Å². The SMILES string of the molecule is C(#CC1(N2CCOCC2)CN=NN1c1ccccc1)c1ccccc1. The van der Waals surface area contributed by atoms with Crippen LogP contribution in [-0.2, 0) is 4.74 Å². The maximum atomic E-state index is 5.54. The highest BCUT2D eigenvalue weighted by Gasteiger charge is 2.46. The van der Waals surface area contributed by atoms with E-state index in [1.807, 2.05) is 65.7 Å². The highest BCUT2D eigenvalue weighted by atomic mass is 16.5. The van der Waals surface area contributed by atoms with Gasteiger partial charge >= 0.3 is 0 Å². The lowest BCUT2D eigenvalue weighted by molar-refractivity contribution is 0.00260. The molecule has 0 radical (unpaired) electrons. The summed E-state index contributed by atoms with van der Waals surface area (Å²) in [6.45, 7) is 3.58. The first-order valence-electron chi connectivity index (χ1n) is 8.52. The summed E-state index contributed by atoms with van der Waals surface area (Å²) >= 11 is 0. The van der Waals surface area contributed by atoms with Crippen molar-refractivity contribution in [2.24, 2.45) is 10.3 Å². The lowest BCUT2D eigenvalue weighted by Crippen LogP contribution is -2.61. The van der Waals surface area contributed by atoms with Gasteiger partial charge in [0.1, 0.15) is 6.54 Å². The molecule has 0 saturated carbocycles. The predicted molar refractivity (Wildman–Crippen MR) is 97.1 cm³/mol. The third-order valence-corrected chi connectivity index (χ3v) is 4.51. The maximum Gasteiger partial charge on any atom is 0.201 e. The summed E-state index contributed by atoms with van der Waals surface area (Å²) in [6.07, 6.45) is 0. The molecule has 2 aromatic carbocycles. The number of hydrogen-bond donors (Lipinski definition) is 0. The van der Waals surface area contributed by atoms with Crippen LogP contribution in [0.15, 0.2) is 71.0 Å². The van der Waals surface area contributed by atoms with Gasteiger partial charge in [-0.3, -0.25) is 4.90 Å². The van der Waals surface area contributed by atoms with E-state index in [0.29, 0.717) is 19.8 Å². The van der Waals surface area contributed by atoms with Crippen LogP contribution in [0.25, 0.3) is 0 Å². The molecule has 0 N–H and O–H groups in total. The zero-order valence-corrected chi connectivity index (χ0v) is 14.0. The lowest BCUT2D eigenvalue weighted by Gasteiger charge is -2.42. The molecule has 2 aliphatic heterocycles. The van der Waals surface area contributed by atoms with E-state index in [-0.39, 0.29) is 0 Å². The number of morpholine rings is 1. The summed E-state index contributed by atoms with van der Waals surface area (Å²) in [4.78, 5) is 2.33. The van der Waals surface area contributed by atoms with Gasteiger partial charge < -0.3 is 4.74 Å². The third-order valence-electron chi connectivity index (χ3n) is 4.51. The maximum absolute atomic E-state index is 5.54. The van der Waals surface area contributed by atoms with Gasteiger partial charge in [-0.25, -0.2) is 5.01 Å². The smallest absolute Gasteiger partial charge is 0.201 e. The van der Waals surface area contributed by atoms with Crippen molar-refractivity contribution in [3.8, 4) is 11.8 Å². The summed E-state index contributed by atoms with van der Waals surface area (Å²) in [5.41, 5.74) is 1.42. The number of ether oxygens (including phenoxy) is 1. The fraction of sp³-hybridized carbons (Fsp3) is 0.300. The van der Waals surface area contributed by atoms with Gasteiger partial charge in [-0.15, -0.1) is 0 Å². The molecule has 1 atom stereocenters. The second kappa shape index (κ2) is 7.06. The molecule has 1 saturated heterocycles. The Balaban J connectivity index is 1.75. The summed E-state index contributed by atoms with van der Waals surface area (Å²) in [7, 11) is 0. The van der Waals surface area contributed by atoms with Crippen LogP contribution >= 0.6 is 0 Å². The molecule has 25 heavy (non-hydrogen) atoms. The molecule has 5 nitrogen and oxygen atoms in total. The molecule has 126 valence electrons. The van der Waals surface area contributed by atoms with E-state index in [1.165, 1.54) is 0 Å². The molecule has 0 aliphatic carbocycles. The highest BCUT2D eigenvalue weighted by Crippen LogP contribution is 2.33. The van der Waals surface area contributed by atoms with Gasteiger partial charge in [0.25, 0.3) is 0 Å². The van der Waals surface area contributed by atoms with Gasteiger partial charge in [-0.1, -0.05) is 47.5 Å². The van der Waals surface area contributed by atoms with E-state index in [9.17, 15) is 0 Å². The average molecular weight is 332 g/mol. The Hall–Kier alpha value is -2.68. The Kier molecular flexibility index (Phi) is 4.47. The highest BCUT2D eigenvalue weighted by molar-refractivity contribution is 5.53. The Morgan fingerprint density at radius 1 is 0.920 bits per heavy atom. The van der Waals surface area contributed by atoms with Crippen molar-refractivity contribution >= 4 is 5.69 Å². The zero-order chi connectivity index (χ0) is 17.0. The summed E-state index contributed by atoms with van der Waals surface area (Å²) in [6, 6.07) is 20.2. The molecule has 2 aromatic rings. The molecule has 1 fully saturated rings. The van der Waals surface area contributed by atoms with Crippen LogP contribution in [0.2, 0.25) is 0 Å². The summed E-state index contributed by atoms with van der Waals surface area (Å²) in [5, 5.41) is 10.7. The second-order valence-corrected chi connectivity index (χ2v) is 6.07. The molecular formula is C20H20N4O. The van der Waals surface area contributed by atoms with E-state index in [2.05, 4.69) is 27.1 Å². The molecule has 4 rings (SSSR count). The minimum atomic E-state index is -0.568. The first-order chi connectivity index (χ1) is 12.4. The topological polar surface area (TPSA) is 40.4 Å². The number of para-hydroxylation sites is 1. The zero-order valence-electron chi connectivity index (χ0n) is 14.0. The molecule has 2 heterocycles. The van der Waals surface area contributed by atoms with Crippen LogP contribution in [0.1, 0.15) is 5.56 Å². The van der Waals surface area contributed by atoms with Gasteiger partial charge in [-0.05, 0) is 30.2 Å². The van der Waals surface area contributed by atoms with E-state index in [4.69, 9.17) is 4.74 Å². The van der Waals surface area contributed by atoms with Crippen LogP contribution in [0.5, 0.6) is 0 Å². The predicted octanol–water partition coefficient (Wildman–Crippen LogP) is 2.95. The lowest BCUT2D eigenvalue weighted by atomic mass is 10.1. The van der Waals surface area contributed by atoms with Crippen molar-refractivity contribution in [1.29, 1.82) is 0 Å². The Bertz CT molecular complexity index is 791. The normalized spacial score (nSPS) is 23.3. The van der Waals surface area contributed by atoms with E-state index >= 15 is 0 Å². The second-order valence-electron chi connectivity index (χ2n) is 6.07. The summed E-state index contributed by atoms with van der Waals surface area (Å²) in [5.74, 6) is 6.82. The minimum absolute atomic E-state index is 0.529. The number of benzene rings is 2. The first kappa shape index (κ1) is 15.8. The largest absolute Gasteiger partial charge is 0.379 e. The van der Waals surface area contributed by atoms with Gasteiger partial charge in [0.2, 0.25) is 5.66 Å². The van der Waals surface area contributed by atoms with E-state index in [0.717, 1.165) is 24.3 Å². The molecule has 1 unspecified atom stereocenters. The quantitative estimate of drug-likeness (QED) is 0.794. The van der Waals surface area contributed by atoms with Crippen molar-refractivity contribution in [1.82, 2.24) is 4.90 Å². The van der Waals surface area contributed by atoms with Crippen LogP contribution in [0, 0.1) is 11.8 Å². The minimum Gasteiger partial charge on any atom is -0.379 e. The first-order valence-corrected chi connectivity index (χ1v) is 8.52. The molecule has 0 spiro atoms. The standard InChI is InChI=1S/C20H20N4O/c1-3-7-18(8-4-1)11-12-20(23-13-15-25-16-14-23)17-21-22-24(20)19-9-5-2-6-10-19/h1-10H,13-17H2. The van der Waals surface area contributed by atoms with Gasteiger partial charge in [0.15, 0.2) is 0 Å². The molecule has 0 aromatic heterocycles. The number of nitrogens with zero attached hydrogens (tertiary/aromatic N) is 4. The number of anilines is 1. The van der Waals surface area contributed by atoms with Crippen molar-refractivity contribution in [2.45, 2.75) is 5.66 Å². The van der Waals surface area contributed by atoms with Crippen molar-refractivity contribution in [2.75, 3.05) is 37.9 Å². The van der Waals surface area contributed by atoms with Crippen LogP contribution in [-0.4, -0.2) is 43.4 Å². The van der Waals surface area contributed by atoms with E-state index in [1.54, 1.807) is 0 Å². The van der Waals surface area contributed by atoms with E-state index < -0.39 is 5.66 Å². The number of hydrogen-bond acceptors (Lipinski definition) is 5. The molecule has 0 amide bonds. The molecule has 0 bridgehead atoms. The van der Waals surface area contributed by atoms with Crippen LogP contribution < -0.4 is 5.01 Å². The van der Waals surface area contributed by atoms with Crippen molar-refractivity contribution in [3.05, 3.63) is 66.2 Å². The molecule has 5 heteroatoms. The average Bonchev–Trinajstić information content (AvgIpc) is 3.14. The monoisotopic (exact) mass is 332 g/mol. The molecular weight excluding hydrogens is 312 g/mol. The summed E-state index contributed by atoms with van der Waals surface area (Å²) < 4.78 is 5.54. The Morgan fingerprint density at radius 3 is 2.32 bits per heavy atom. The third kappa shape index (κ3) is 3.14. The van der Waals surface area contributed by atoms with Crippen molar-refractivity contribution in [3.63, 3.8) is 0 Å². The van der Waals surface area contributed by atoms with Crippen molar-refractivity contribution < 1.29 is 4.74 Å². The Morgan fingerprint density at radius 2 is 1.60 bits per heavy atom. The number of rotatable bonds is 2. The fourth-order valence-electron chi connectivity index (χ4n) is 3.20. The van der Waals surface area contributed by atoms with Gasteiger partial charge in [-0.2, -0.15) is 5.11 Å². The molecule has 2 aliphatic rings. The van der Waals surface area contributed by atoms with Gasteiger partial charge in [0.05, 0.1) is 18.9 Å². The fourth-order valence-corrected chi connectivity index (χ4v) is 3.20. The van der Waals surface area contributed by atoms with Gasteiger partial charge in [0, 0.05) is 18.7 Å². The van der Waals surface area contributed by atoms with Crippen LogP contribution in [0.4, 0.5) is 5.69 Å².